The molecule has 0 aromatic carbocycles. The molecule has 0 spiro atoms. The van der Waals surface area contributed by atoms with Gasteiger partial charge >= 0.3 is 6.18 Å². The lowest BCUT2D eigenvalue weighted by Gasteiger charge is -2.39. The van der Waals surface area contributed by atoms with Crippen LogP contribution in [0.2, 0.25) is 0 Å². The molecule has 1 saturated carbocycles. The van der Waals surface area contributed by atoms with Gasteiger partial charge in [-0.25, -0.2) is 13.2 Å². The van der Waals surface area contributed by atoms with Crippen LogP contribution in [0.25, 0.3) is 0 Å². The standard InChI is InChI=1S/C19H22F6N4/c20-14-5-16(22)15(21)4-13(14)12-2-1-11(3-17(12)26)28-7-10-6-27-29(18(10)8-28)9-19(23,24)25/h4-6,11-12,15-17H,1-3,7-9,26H2/t11-,12+,15?,16?,17?/m0/s1. The van der Waals surface area contributed by atoms with Crippen molar-refractivity contribution in [3.8, 4) is 0 Å². The summed E-state index contributed by atoms with van der Waals surface area (Å²) in [6.07, 6.45) is -3.43. The van der Waals surface area contributed by atoms with E-state index < -0.39 is 42.9 Å². The van der Waals surface area contributed by atoms with Crippen molar-refractivity contribution in [2.45, 2.75) is 69.5 Å². The summed E-state index contributed by atoms with van der Waals surface area (Å²) in [6.45, 7) is -0.287. The Kier molecular flexibility index (Phi) is 5.27. The van der Waals surface area contributed by atoms with E-state index in [4.69, 9.17) is 5.73 Å². The highest BCUT2D eigenvalue weighted by molar-refractivity contribution is 5.36. The van der Waals surface area contributed by atoms with Crippen molar-refractivity contribution in [1.82, 2.24) is 14.7 Å². The van der Waals surface area contributed by atoms with Crippen molar-refractivity contribution >= 4 is 0 Å². The normalized spacial score (nSPS) is 33.4. The summed E-state index contributed by atoms with van der Waals surface area (Å²) >= 11 is 0. The topological polar surface area (TPSA) is 47.1 Å². The van der Waals surface area contributed by atoms with Gasteiger partial charge in [0, 0.05) is 36.7 Å². The highest BCUT2D eigenvalue weighted by atomic mass is 19.4. The number of alkyl halides is 5. The smallest absolute Gasteiger partial charge is 0.327 e. The molecule has 0 bridgehead atoms. The first kappa shape index (κ1) is 20.5. The third-order valence-corrected chi connectivity index (χ3v) is 6.10. The first-order chi connectivity index (χ1) is 13.6. The molecule has 4 nitrogen and oxygen atoms in total. The van der Waals surface area contributed by atoms with Gasteiger partial charge in [-0.1, -0.05) is 0 Å². The summed E-state index contributed by atoms with van der Waals surface area (Å²) in [7, 11) is 0. The van der Waals surface area contributed by atoms with E-state index in [0.717, 1.165) is 16.3 Å². The van der Waals surface area contributed by atoms with E-state index in [1.807, 2.05) is 0 Å². The molecule has 4 rings (SSSR count). The average Bonchev–Trinajstić information content (AvgIpc) is 3.19. The molecule has 1 aromatic heterocycles. The fraction of sp³-hybridized carbons (Fsp3) is 0.632. The summed E-state index contributed by atoms with van der Waals surface area (Å²) in [5, 5.41) is 3.84. The third kappa shape index (κ3) is 4.09. The van der Waals surface area contributed by atoms with Gasteiger partial charge in [0.15, 0.2) is 12.3 Å². The number of nitrogens with two attached hydrogens (primary N) is 1. The van der Waals surface area contributed by atoms with E-state index >= 15 is 0 Å². The van der Waals surface area contributed by atoms with Crippen LogP contribution in [-0.4, -0.2) is 45.3 Å². The second-order valence-corrected chi connectivity index (χ2v) is 8.06. The van der Waals surface area contributed by atoms with E-state index in [2.05, 4.69) is 10.00 Å². The molecule has 1 aliphatic heterocycles. The maximum Gasteiger partial charge on any atom is 0.408 e. The maximum atomic E-state index is 14.2. The molecule has 3 aliphatic rings. The van der Waals surface area contributed by atoms with Crippen LogP contribution in [0, 0.1) is 5.92 Å². The molecule has 0 radical (unpaired) electrons. The second kappa shape index (κ2) is 7.46. The summed E-state index contributed by atoms with van der Waals surface area (Å²) in [4.78, 5) is 2.06. The van der Waals surface area contributed by atoms with Crippen molar-refractivity contribution in [2.24, 2.45) is 11.7 Å². The van der Waals surface area contributed by atoms with Crippen molar-refractivity contribution in [3.05, 3.63) is 41.0 Å². The first-order valence-electron chi connectivity index (χ1n) is 9.60. The third-order valence-electron chi connectivity index (χ3n) is 6.10. The van der Waals surface area contributed by atoms with Crippen molar-refractivity contribution in [3.63, 3.8) is 0 Å². The van der Waals surface area contributed by atoms with Gasteiger partial charge in [0.05, 0.1) is 11.9 Å². The Balaban J connectivity index is 1.41. The van der Waals surface area contributed by atoms with Crippen LogP contribution in [0.3, 0.4) is 0 Å². The van der Waals surface area contributed by atoms with Crippen molar-refractivity contribution < 1.29 is 26.3 Å². The van der Waals surface area contributed by atoms with Gasteiger partial charge in [0.2, 0.25) is 0 Å². The molecule has 0 amide bonds. The number of fused-ring (bicyclic) bond motifs is 1. The minimum absolute atomic E-state index is 0.0271. The molecular weight excluding hydrogens is 398 g/mol. The van der Waals surface area contributed by atoms with Gasteiger partial charge in [0.1, 0.15) is 12.4 Å². The minimum atomic E-state index is -4.34. The maximum absolute atomic E-state index is 14.2. The van der Waals surface area contributed by atoms with Crippen LogP contribution >= 0.6 is 0 Å². The fourth-order valence-electron chi connectivity index (χ4n) is 4.67. The number of halogens is 6. The van der Waals surface area contributed by atoms with E-state index in [-0.39, 0.29) is 11.6 Å². The van der Waals surface area contributed by atoms with Crippen LogP contribution in [0.5, 0.6) is 0 Å². The summed E-state index contributed by atoms with van der Waals surface area (Å²) in [6, 6.07) is -0.419. The van der Waals surface area contributed by atoms with Gasteiger partial charge < -0.3 is 5.73 Å². The fourth-order valence-corrected chi connectivity index (χ4v) is 4.67. The molecule has 2 heterocycles. The van der Waals surface area contributed by atoms with Crippen LogP contribution in [0.1, 0.15) is 30.5 Å². The molecule has 1 aromatic rings. The predicted octanol–water partition coefficient (Wildman–Crippen LogP) is 3.73. The number of hydrogen-bond donors (Lipinski definition) is 1. The Hall–Kier alpha value is -1.81. The molecule has 5 atom stereocenters. The van der Waals surface area contributed by atoms with Gasteiger partial charge in [-0.3, -0.25) is 9.58 Å². The highest BCUT2D eigenvalue weighted by Crippen LogP contribution is 2.39. The minimum Gasteiger partial charge on any atom is -0.327 e. The summed E-state index contributed by atoms with van der Waals surface area (Å²) in [5.41, 5.74) is 7.71. The Morgan fingerprint density at radius 1 is 1.10 bits per heavy atom. The van der Waals surface area contributed by atoms with Crippen molar-refractivity contribution in [1.29, 1.82) is 0 Å². The molecule has 2 aliphatic carbocycles. The van der Waals surface area contributed by atoms with Crippen LogP contribution in [0.15, 0.2) is 29.7 Å². The molecule has 1 fully saturated rings. The van der Waals surface area contributed by atoms with Crippen LogP contribution in [0.4, 0.5) is 26.3 Å². The molecule has 2 N–H and O–H groups in total. The van der Waals surface area contributed by atoms with E-state index in [1.165, 1.54) is 6.20 Å². The highest BCUT2D eigenvalue weighted by Gasteiger charge is 2.39. The summed E-state index contributed by atoms with van der Waals surface area (Å²) in [5.74, 6) is -1.16. The van der Waals surface area contributed by atoms with E-state index in [9.17, 15) is 26.3 Å². The van der Waals surface area contributed by atoms with Gasteiger partial charge in [-0.05, 0) is 37.0 Å². The lowest BCUT2D eigenvalue weighted by molar-refractivity contribution is -0.143. The van der Waals surface area contributed by atoms with E-state index in [1.54, 1.807) is 0 Å². The number of hydrogen-bond acceptors (Lipinski definition) is 3. The molecular formula is C19H22F6N4. The quantitative estimate of drug-likeness (QED) is 0.759. The zero-order chi connectivity index (χ0) is 20.9. The Morgan fingerprint density at radius 2 is 1.83 bits per heavy atom. The summed E-state index contributed by atoms with van der Waals surface area (Å²) < 4.78 is 80.3. The lowest BCUT2D eigenvalue weighted by atomic mass is 9.75. The first-order valence-corrected chi connectivity index (χ1v) is 9.60. The lowest BCUT2D eigenvalue weighted by Crippen LogP contribution is -2.45. The molecule has 29 heavy (non-hydrogen) atoms. The zero-order valence-corrected chi connectivity index (χ0v) is 15.5. The van der Waals surface area contributed by atoms with Gasteiger partial charge in [-0.15, -0.1) is 0 Å². The monoisotopic (exact) mass is 420 g/mol. The number of nitrogens with zero attached hydrogens (tertiary/aromatic N) is 3. The zero-order valence-electron chi connectivity index (χ0n) is 15.5. The SMILES string of the molecule is NC1C[C@@H](N2Cc3cnn(CC(F)(F)F)c3C2)CC[C@@H]1C1=CC(F)C(F)C=C1F. The van der Waals surface area contributed by atoms with Gasteiger partial charge in [-0.2, -0.15) is 18.3 Å². The average molecular weight is 420 g/mol. The number of aromatic nitrogens is 2. The van der Waals surface area contributed by atoms with E-state index in [0.29, 0.717) is 44.1 Å². The number of rotatable bonds is 3. The van der Waals surface area contributed by atoms with Crippen molar-refractivity contribution in [2.75, 3.05) is 0 Å². The van der Waals surface area contributed by atoms with Crippen LogP contribution < -0.4 is 5.73 Å². The molecule has 3 unspecified atom stereocenters. The Bertz CT molecular complexity index is 829. The Labute approximate surface area is 164 Å². The predicted molar refractivity (Wildman–Crippen MR) is 93.7 cm³/mol. The second-order valence-electron chi connectivity index (χ2n) is 8.06. The molecule has 160 valence electrons. The Morgan fingerprint density at radius 3 is 2.52 bits per heavy atom. The number of allylic oxidation sites excluding steroid dienone is 3. The molecule has 10 heteroatoms. The largest absolute Gasteiger partial charge is 0.408 e. The van der Waals surface area contributed by atoms with Gasteiger partial charge in [0.25, 0.3) is 0 Å². The van der Waals surface area contributed by atoms with Crippen LogP contribution in [-0.2, 0) is 19.6 Å². The molecule has 0 saturated heterocycles.